The molecule has 22 heavy (non-hydrogen) atoms. The standard InChI is InChI=1S/C15H18F3NO3/c16-15(17,18)12-5-1-2-6-13(12)22-11-4-3-8-19(10-11)9-7-14(20)21/h1-2,5-6,11H,3-4,7-10H2,(H,20,21). The number of piperidine rings is 1. The Morgan fingerprint density at radius 1 is 1.36 bits per heavy atom. The Morgan fingerprint density at radius 2 is 2.09 bits per heavy atom. The monoisotopic (exact) mass is 317 g/mol. The number of halogens is 3. The Balaban J connectivity index is 2.00. The highest BCUT2D eigenvalue weighted by molar-refractivity contribution is 5.66. The van der Waals surface area contributed by atoms with Crippen LogP contribution in [0.4, 0.5) is 13.2 Å². The molecule has 0 saturated carbocycles. The molecule has 4 nitrogen and oxygen atoms in total. The maximum Gasteiger partial charge on any atom is 0.419 e. The van der Waals surface area contributed by atoms with E-state index < -0.39 is 17.7 Å². The van der Waals surface area contributed by atoms with Crippen LogP contribution in [0, 0.1) is 0 Å². The maximum absolute atomic E-state index is 12.9. The van der Waals surface area contributed by atoms with Gasteiger partial charge in [0.15, 0.2) is 0 Å². The highest BCUT2D eigenvalue weighted by atomic mass is 19.4. The van der Waals surface area contributed by atoms with Crippen molar-refractivity contribution < 1.29 is 27.8 Å². The second kappa shape index (κ2) is 7.00. The Labute approximate surface area is 126 Å². The first-order valence-electron chi connectivity index (χ1n) is 7.13. The number of hydrogen-bond acceptors (Lipinski definition) is 3. The highest BCUT2D eigenvalue weighted by Gasteiger charge is 2.35. The van der Waals surface area contributed by atoms with Crippen LogP contribution in [0.15, 0.2) is 24.3 Å². The van der Waals surface area contributed by atoms with Crippen LogP contribution in [-0.4, -0.2) is 41.7 Å². The lowest BCUT2D eigenvalue weighted by Crippen LogP contribution is -2.42. The Kier molecular flexibility index (Phi) is 5.28. The molecule has 0 bridgehead atoms. The summed E-state index contributed by atoms with van der Waals surface area (Å²) in [6.07, 6.45) is -3.35. The summed E-state index contributed by atoms with van der Waals surface area (Å²) >= 11 is 0. The summed E-state index contributed by atoms with van der Waals surface area (Å²) in [5, 5.41) is 8.69. The van der Waals surface area contributed by atoms with E-state index in [0.717, 1.165) is 19.0 Å². The van der Waals surface area contributed by atoms with Crippen LogP contribution in [0.1, 0.15) is 24.8 Å². The number of carbonyl (C=O) groups is 1. The van der Waals surface area contributed by atoms with Crippen LogP contribution in [0.25, 0.3) is 0 Å². The number of carboxylic acid groups (broad SMARTS) is 1. The SMILES string of the molecule is O=C(O)CCN1CCCC(Oc2ccccc2C(F)(F)F)C1. The largest absolute Gasteiger partial charge is 0.488 e. The van der Waals surface area contributed by atoms with Gasteiger partial charge in [-0.2, -0.15) is 13.2 Å². The number of alkyl halides is 3. The van der Waals surface area contributed by atoms with Crippen molar-refractivity contribution in [2.45, 2.75) is 31.5 Å². The van der Waals surface area contributed by atoms with Crippen molar-refractivity contribution in [3.63, 3.8) is 0 Å². The van der Waals surface area contributed by atoms with E-state index in [4.69, 9.17) is 9.84 Å². The predicted molar refractivity (Wildman–Crippen MR) is 73.8 cm³/mol. The third kappa shape index (κ3) is 4.62. The zero-order chi connectivity index (χ0) is 16.2. The van der Waals surface area contributed by atoms with Gasteiger partial charge >= 0.3 is 12.1 Å². The topological polar surface area (TPSA) is 49.8 Å². The quantitative estimate of drug-likeness (QED) is 0.907. The van der Waals surface area contributed by atoms with E-state index in [1.807, 2.05) is 4.90 Å². The summed E-state index contributed by atoms with van der Waals surface area (Å²) in [5.41, 5.74) is -0.780. The molecule has 1 aromatic rings. The number of carboxylic acids is 1. The third-order valence-electron chi connectivity index (χ3n) is 3.59. The van der Waals surface area contributed by atoms with Crippen molar-refractivity contribution in [3.8, 4) is 5.75 Å². The molecule has 0 spiro atoms. The van der Waals surface area contributed by atoms with Gasteiger partial charge in [-0.25, -0.2) is 0 Å². The normalized spacial score (nSPS) is 19.9. The number of rotatable bonds is 5. The maximum atomic E-state index is 12.9. The molecule has 1 heterocycles. The zero-order valence-corrected chi connectivity index (χ0v) is 12.0. The number of para-hydroxylation sites is 1. The lowest BCUT2D eigenvalue weighted by molar-refractivity contribution is -0.140. The Bertz CT molecular complexity index is 519. The molecule has 1 aliphatic heterocycles. The van der Waals surface area contributed by atoms with Gasteiger partial charge in [-0.1, -0.05) is 12.1 Å². The fourth-order valence-corrected chi connectivity index (χ4v) is 2.55. The molecule has 7 heteroatoms. The minimum absolute atomic E-state index is 0.0197. The molecule has 0 amide bonds. The molecular weight excluding hydrogens is 299 g/mol. The molecule has 0 aliphatic carbocycles. The summed E-state index contributed by atoms with van der Waals surface area (Å²) in [5.74, 6) is -1.05. The first-order chi connectivity index (χ1) is 10.4. The summed E-state index contributed by atoms with van der Waals surface area (Å²) in [6, 6.07) is 5.16. The van der Waals surface area contributed by atoms with E-state index in [1.165, 1.54) is 18.2 Å². The van der Waals surface area contributed by atoms with Crippen molar-refractivity contribution in [2.75, 3.05) is 19.6 Å². The molecule has 1 unspecified atom stereocenters. The molecule has 2 rings (SSSR count). The molecule has 0 aromatic heterocycles. The van der Waals surface area contributed by atoms with Crippen LogP contribution >= 0.6 is 0 Å². The van der Waals surface area contributed by atoms with E-state index in [0.29, 0.717) is 19.5 Å². The zero-order valence-electron chi connectivity index (χ0n) is 12.0. The average molecular weight is 317 g/mol. The van der Waals surface area contributed by atoms with Gasteiger partial charge in [0.1, 0.15) is 11.9 Å². The summed E-state index contributed by atoms with van der Waals surface area (Å²) in [7, 11) is 0. The Morgan fingerprint density at radius 3 is 2.77 bits per heavy atom. The molecule has 122 valence electrons. The van der Waals surface area contributed by atoms with Crippen molar-refractivity contribution in [1.29, 1.82) is 0 Å². The smallest absolute Gasteiger partial charge is 0.419 e. The van der Waals surface area contributed by atoms with Crippen LogP contribution in [0.2, 0.25) is 0 Å². The fourth-order valence-electron chi connectivity index (χ4n) is 2.55. The molecule has 0 radical (unpaired) electrons. The minimum atomic E-state index is -4.45. The van der Waals surface area contributed by atoms with Crippen molar-refractivity contribution in [2.24, 2.45) is 0 Å². The van der Waals surface area contributed by atoms with Gasteiger partial charge in [-0.05, 0) is 31.5 Å². The third-order valence-corrected chi connectivity index (χ3v) is 3.59. The van der Waals surface area contributed by atoms with Gasteiger partial charge in [0, 0.05) is 13.1 Å². The van der Waals surface area contributed by atoms with Crippen LogP contribution in [0.5, 0.6) is 5.75 Å². The summed E-state index contributed by atoms with van der Waals surface area (Å²) in [6.45, 7) is 1.57. The first-order valence-corrected chi connectivity index (χ1v) is 7.13. The average Bonchev–Trinajstić information content (AvgIpc) is 2.45. The second-order valence-electron chi connectivity index (χ2n) is 5.32. The number of benzene rings is 1. The number of ether oxygens (including phenoxy) is 1. The first kappa shape index (κ1) is 16.6. The number of likely N-dealkylation sites (tertiary alicyclic amines) is 1. The molecule has 1 aliphatic rings. The van der Waals surface area contributed by atoms with Crippen molar-refractivity contribution >= 4 is 5.97 Å². The van der Waals surface area contributed by atoms with Gasteiger partial charge in [-0.15, -0.1) is 0 Å². The van der Waals surface area contributed by atoms with E-state index in [1.54, 1.807) is 0 Å². The van der Waals surface area contributed by atoms with Crippen LogP contribution in [-0.2, 0) is 11.0 Å². The van der Waals surface area contributed by atoms with E-state index in [-0.39, 0.29) is 18.3 Å². The minimum Gasteiger partial charge on any atom is -0.488 e. The molecule has 1 N–H and O–H groups in total. The van der Waals surface area contributed by atoms with E-state index in [2.05, 4.69) is 0 Å². The predicted octanol–water partition coefficient (Wildman–Crippen LogP) is 3.02. The van der Waals surface area contributed by atoms with Gasteiger partial charge in [0.05, 0.1) is 12.0 Å². The Hall–Kier alpha value is -1.76. The van der Waals surface area contributed by atoms with Crippen LogP contribution in [0.3, 0.4) is 0 Å². The summed E-state index contributed by atoms with van der Waals surface area (Å²) in [4.78, 5) is 12.5. The van der Waals surface area contributed by atoms with Crippen molar-refractivity contribution in [1.82, 2.24) is 4.90 Å². The summed E-state index contributed by atoms with van der Waals surface area (Å²) < 4.78 is 44.3. The lowest BCUT2D eigenvalue weighted by Gasteiger charge is -2.33. The van der Waals surface area contributed by atoms with Gasteiger partial charge in [0.2, 0.25) is 0 Å². The number of aliphatic carboxylic acids is 1. The molecule has 1 aromatic carbocycles. The lowest BCUT2D eigenvalue weighted by atomic mass is 10.1. The fraction of sp³-hybridized carbons (Fsp3) is 0.533. The van der Waals surface area contributed by atoms with E-state index in [9.17, 15) is 18.0 Å². The second-order valence-corrected chi connectivity index (χ2v) is 5.32. The number of nitrogens with zero attached hydrogens (tertiary/aromatic N) is 1. The molecular formula is C15H18F3NO3. The molecule has 1 fully saturated rings. The number of hydrogen-bond donors (Lipinski definition) is 1. The van der Waals surface area contributed by atoms with Crippen LogP contribution < -0.4 is 4.74 Å². The van der Waals surface area contributed by atoms with Gasteiger partial charge in [0.25, 0.3) is 0 Å². The van der Waals surface area contributed by atoms with Crippen molar-refractivity contribution in [3.05, 3.63) is 29.8 Å². The van der Waals surface area contributed by atoms with Gasteiger partial charge < -0.3 is 9.84 Å². The molecule has 1 saturated heterocycles. The highest BCUT2D eigenvalue weighted by Crippen LogP contribution is 2.36. The van der Waals surface area contributed by atoms with Gasteiger partial charge in [-0.3, -0.25) is 9.69 Å². The molecule has 1 atom stereocenters. The van der Waals surface area contributed by atoms with E-state index >= 15 is 0 Å².